The molecule has 0 aliphatic carbocycles. The largest absolute Gasteiger partial charge is 0.488 e. The van der Waals surface area contributed by atoms with Crippen LogP contribution in [-0.2, 0) is 4.74 Å². The highest BCUT2D eigenvalue weighted by molar-refractivity contribution is 5.38. The van der Waals surface area contributed by atoms with Crippen LogP contribution >= 0.6 is 0 Å². The molecule has 0 aromatic heterocycles. The zero-order valence-electron chi connectivity index (χ0n) is 10.6. The van der Waals surface area contributed by atoms with E-state index in [-0.39, 0.29) is 12.1 Å². The first-order valence-electron chi connectivity index (χ1n) is 6.27. The van der Waals surface area contributed by atoms with Gasteiger partial charge in [-0.05, 0) is 32.8 Å². The van der Waals surface area contributed by atoms with E-state index in [2.05, 4.69) is 19.1 Å². The van der Waals surface area contributed by atoms with E-state index in [1.54, 1.807) is 0 Å². The molecule has 2 atom stereocenters. The van der Waals surface area contributed by atoms with Crippen molar-refractivity contribution in [3.05, 3.63) is 29.3 Å². The fourth-order valence-electron chi connectivity index (χ4n) is 2.11. The van der Waals surface area contributed by atoms with Gasteiger partial charge in [0.2, 0.25) is 0 Å². The van der Waals surface area contributed by atoms with Crippen LogP contribution in [0.5, 0.6) is 5.75 Å². The molecule has 3 heteroatoms. The SMILES string of the molecule is Cc1ccc(OC2CCCOC2)c(C(C)N)c1. The second-order valence-corrected chi connectivity index (χ2v) is 4.79. The summed E-state index contributed by atoms with van der Waals surface area (Å²) in [6.07, 6.45) is 2.31. The van der Waals surface area contributed by atoms with Crippen LogP contribution in [-0.4, -0.2) is 19.3 Å². The van der Waals surface area contributed by atoms with E-state index in [4.69, 9.17) is 15.2 Å². The second-order valence-electron chi connectivity index (χ2n) is 4.79. The molecule has 1 heterocycles. The second kappa shape index (κ2) is 5.52. The van der Waals surface area contributed by atoms with Crippen molar-refractivity contribution < 1.29 is 9.47 Å². The lowest BCUT2D eigenvalue weighted by atomic mass is 10.0. The maximum absolute atomic E-state index is 6.00. The van der Waals surface area contributed by atoms with E-state index >= 15 is 0 Å². The van der Waals surface area contributed by atoms with E-state index in [0.29, 0.717) is 6.61 Å². The van der Waals surface area contributed by atoms with Gasteiger partial charge in [-0.3, -0.25) is 0 Å². The first-order valence-corrected chi connectivity index (χ1v) is 6.27. The minimum Gasteiger partial charge on any atom is -0.488 e. The van der Waals surface area contributed by atoms with Crippen LogP contribution in [0, 0.1) is 6.92 Å². The summed E-state index contributed by atoms with van der Waals surface area (Å²) in [5.74, 6) is 0.904. The number of nitrogens with two attached hydrogens (primary N) is 1. The average molecular weight is 235 g/mol. The third kappa shape index (κ3) is 3.20. The van der Waals surface area contributed by atoms with Crippen molar-refractivity contribution in [2.24, 2.45) is 5.73 Å². The highest BCUT2D eigenvalue weighted by Crippen LogP contribution is 2.27. The van der Waals surface area contributed by atoms with Crippen LogP contribution in [0.1, 0.15) is 36.9 Å². The molecule has 1 aliphatic heterocycles. The third-order valence-corrected chi connectivity index (χ3v) is 3.07. The number of aryl methyl sites for hydroxylation is 1. The topological polar surface area (TPSA) is 44.5 Å². The summed E-state index contributed by atoms with van der Waals surface area (Å²) in [6.45, 7) is 5.60. The van der Waals surface area contributed by atoms with Gasteiger partial charge in [-0.2, -0.15) is 0 Å². The first-order chi connectivity index (χ1) is 8.16. The van der Waals surface area contributed by atoms with E-state index in [0.717, 1.165) is 30.8 Å². The highest BCUT2D eigenvalue weighted by atomic mass is 16.5. The third-order valence-electron chi connectivity index (χ3n) is 3.07. The molecule has 0 spiro atoms. The summed E-state index contributed by atoms with van der Waals surface area (Å²) >= 11 is 0. The lowest BCUT2D eigenvalue weighted by Crippen LogP contribution is -2.28. The molecule has 2 unspecified atom stereocenters. The molecule has 94 valence electrons. The molecule has 3 nitrogen and oxygen atoms in total. The van der Waals surface area contributed by atoms with Gasteiger partial charge in [-0.15, -0.1) is 0 Å². The molecular weight excluding hydrogens is 214 g/mol. The fourth-order valence-corrected chi connectivity index (χ4v) is 2.11. The molecule has 1 aliphatic rings. The van der Waals surface area contributed by atoms with Crippen molar-refractivity contribution in [1.82, 2.24) is 0 Å². The number of hydrogen-bond acceptors (Lipinski definition) is 3. The minimum atomic E-state index is -0.00518. The fraction of sp³-hybridized carbons (Fsp3) is 0.571. The molecular formula is C14H21NO2. The first kappa shape index (κ1) is 12.4. The smallest absolute Gasteiger partial charge is 0.124 e. The van der Waals surface area contributed by atoms with Crippen LogP contribution < -0.4 is 10.5 Å². The molecule has 1 aromatic rings. The maximum Gasteiger partial charge on any atom is 0.124 e. The Labute approximate surface area is 103 Å². The van der Waals surface area contributed by atoms with Gasteiger partial charge in [-0.25, -0.2) is 0 Å². The van der Waals surface area contributed by atoms with Crippen molar-refractivity contribution in [2.45, 2.75) is 38.8 Å². The standard InChI is InChI=1S/C14H21NO2/c1-10-5-6-14(13(8-10)11(2)15)17-12-4-3-7-16-9-12/h5-6,8,11-12H,3-4,7,9,15H2,1-2H3. The normalized spacial score (nSPS) is 22.2. The summed E-state index contributed by atoms with van der Waals surface area (Å²) in [5, 5.41) is 0. The molecule has 1 saturated heterocycles. The Morgan fingerprint density at radius 2 is 2.29 bits per heavy atom. The van der Waals surface area contributed by atoms with Crippen molar-refractivity contribution >= 4 is 0 Å². The van der Waals surface area contributed by atoms with Gasteiger partial charge in [-0.1, -0.05) is 17.7 Å². The molecule has 1 fully saturated rings. The van der Waals surface area contributed by atoms with Crippen LogP contribution in [0.3, 0.4) is 0 Å². The zero-order valence-corrected chi connectivity index (χ0v) is 10.6. The summed E-state index contributed by atoms with van der Waals surface area (Å²) in [5.41, 5.74) is 8.27. The number of hydrogen-bond donors (Lipinski definition) is 1. The highest BCUT2D eigenvalue weighted by Gasteiger charge is 2.17. The average Bonchev–Trinajstić information content (AvgIpc) is 2.32. The predicted octanol–water partition coefficient (Wildman–Crippen LogP) is 2.57. The summed E-state index contributed by atoms with van der Waals surface area (Å²) in [7, 11) is 0. The zero-order chi connectivity index (χ0) is 12.3. The summed E-state index contributed by atoms with van der Waals surface area (Å²) < 4.78 is 11.4. The Balaban J connectivity index is 2.13. The number of benzene rings is 1. The molecule has 2 N–H and O–H groups in total. The lowest BCUT2D eigenvalue weighted by Gasteiger charge is -2.25. The molecule has 0 amide bonds. The molecule has 0 bridgehead atoms. The van der Waals surface area contributed by atoms with E-state index in [9.17, 15) is 0 Å². The number of rotatable bonds is 3. The molecule has 1 aromatic carbocycles. The van der Waals surface area contributed by atoms with E-state index < -0.39 is 0 Å². The van der Waals surface area contributed by atoms with Gasteiger partial charge in [0.25, 0.3) is 0 Å². The maximum atomic E-state index is 6.00. The number of ether oxygens (including phenoxy) is 2. The van der Waals surface area contributed by atoms with Crippen LogP contribution in [0.15, 0.2) is 18.2 Å². The van der Waals surface area contributed by atoms with Gasteiger partial charge >= 0.3 is 0 Å². The van der Waals surface area contributed by atoms with Gasteiger partial charge in [0.1, 0.15) is 11.9 Å². The Bertz CT molecular complexity index is 370. The summed E-state index contributed by atoms with van der Waals surface area (Å²) in [4.78, 5) is 0. The van der Waals surface area contributed by atoms with Crippen LogP contribution in [0.2, 0.25) is 0 Å². The van der Waals surface area contributed by atoms with Gasteiger partial charge in [0.15, 0.2) is 0 Å². The van der Waals surface area contributed by atoms with Gasteiger partial charge in [0.05, 0.1) is 6.61 Å². The molecule has 0 radical (unpaired) electrons. The predicted molar refractivity (Wildman–Crippen MR) is 68.3 cm³/mol. The van der Waals surface area contributed by atoms with Crippen LogP contribution in [0.25, 0.3) is 0 Å². The monoisotopic (exact) mass is 235 g/mol. The lowest BCUT2D eigenvalue weighted by molar-refractivity contribution is 0.00693. The minimum absolute atomic E-state index is 0.00518. The quantitative estimate of drug-likeness (QED) is 0.875. The Kier molecular flexibility index (Phi) is 4.02. The Hall–Kier alpha value is -1.06. The van der Waals surface area contributed by atoms with Crippen molar-refractivity contribution in [1.29, 1.82) is 0 Å². The summed E-state index contributed by atoms with van der Waals surface area (Å²) in [6, 6.07) is 6.17. The Morgan fingerprint density at radius 3 is 2.94 bits per heavy atom. The van der Waals surface area contributed by atoms with Crippen LogP contribution in [0.4, 0.5) is 0 Å². The van der Waals surface area contributed by atoms with E-state index in [1.807, 2.05) is 13.0 Å². The molecule has 17 heavy (non-hydrogen) atoms. The van der Waals surface area contributed by atoms with Crippen molar-refractivity contribution in [2.75, 3.05) is 13.2 Å². The molecule has 2 rings (SSSR count). The van der Waals surface area contributed by atoms with E-state index in [1.165, 1.54) is 5.56 Å². The van der Waals surface area contributed by atoms with Crippen molar-refractivity contribution in [3.8, 4) is 5.75 Å². The van der Waals surface area contributed by atoms with Gasteiger partial charge < -0.3 is 15.2 Å². The van der Waals surface area contributed by atoms with Gasteiger partial charge in [0, 0.05) is 18.2 Å². The van der Waals surface area contributed by atoms with Crippen molar-refractivity contribution in [3.63, 3.8) is 0 Å². The Morgan fingerprint density at radius 1 is 1.47 bits per heavy atom. The molecule has 0 saturated carbocycles.